The van der Waals surface area contributed by atoms with Crippen LogP contribution in [0.1, 0.15) is 48.0 Å². The van der Waals surface area contributed by atoms with E-state index in [1.165, 1.54) is 0 Å². The zero-order valence-electron chi connectivity index (χ0n) is 9.84. The molecule has 0 heterocycles. The van der Waals surface area contributed by atoms with Gasteiger partial charge in [-0.05, 0) is 26.2 Å². The fourth-order valence-corrected chi connectivity index (χ4v) is 1.15. The summed E-state index contributed by atoms with van der Waals surface area (Å²) in [7, 11) is 0. The minimum absolute atomic E-state index is 0.126. The lowest BCUT2D eigenvalue weighted by atomic mass is 9.93. The third-order valence-electron chi connectivity index (χ3n) is 1.34. The van der Waals surface area contributed by atoms with Gasteiger partial charge in [-0.25, -0.2) is 4.21 Å². The Hall–Kier alpha value is -0.380. The second-order valence-electron chi connectivity index (χ2n) is 5.54. The highest BCUT2D eigenvalue weighted by atomic mass is 32.2. The fourth-order valence-electron chi connectivity index (χ4n) is 0.672. The highest BCUT2D eigenvalue weighted by molar-refractivity contribution is 7.82. The molecule has 0 N–H and O–H groups in total. The largest absolute Gasteiger partial charge is 0.364 e. The maximum Gasteiger partial charge on any atom is 0.320 e. The molecule has 0 radical (unpaired) electrons. The lowest BCUT2D eigenvalue weighted by Crippen LogP contribution is -2.27. The van der Waals surface area contributed by atoms with Crippen LogP contribution in [0.15, 0.2) is 0 Å². The molecule has 0 fully saturated rings. The van der Waals surface area contributed by atoms with Crippen molar-refractivity contribution < 1.29 is 13.2 Å². The van der Waals surface area contributed by atoms with Gasteiger partial charge in [0.05, 0.1) is 11.2 Å². The van der Waals surface area contributed by atoms with E-state index in [2.05, 4.69) is 0 Å². The number of rotatable bonds is 2. The summed E-state index contributed by atoms with van der Waals surface area (Å²) >= 11 is -1.55. The van der Waals surface area contributed by atoms with Crippen molar-refractivity contribution in [3.8, 4) is 0 Å². The van der Waals surface area contributed by atoms with Crippen molar-refractivity contribution in [2.45, 2.75) is 52.7 Å². The van der Waals surface area contributed by atoms with E-state index in [9.17, 15) is 9.00 Å². The van der Waals surface area contributed by atoms with E-state index >= 15 is 0 Å². The first kappa shape index (κ1) is 13.6. The van der Waals surface area contributed by atoms with Crippen molar-refractivity contribution in [1.82, 2.24) is 0 Å². The summed E-state index contributed by atoms with van der Waals surface area (Å²) in [5.41, 5.74) is -0.126. The lowest BCUT2D eigenvalue weighted by Gasteiger charge is -2.19. The Bertz CT molecular complexity index is 233. The van der Waals surface area contributed by atoms with Crippen LogP contribution in [0.2, 0.25) is 0 Å². The van der Waals surface area contributed by atoms with Gasteiger partial charge in [-0.2, -0.15) is 0 Å². The summed E-state index contributed by atoms with van der Waals surface area (Å²) in [5, 5.41) is 0. The fraction of sp³-hybridized carbons (Fsp3) is 0.900. The summed E-state index contributed by atoms with van der Waals surface area (Å²) in [4.78, 5) is 11.3. The van der Waals surface area contributed by atoms with Crippen LogP contribution in [0.25, 0.3) is 0 Å². The summed E-state index contributed by atoms with van der Waals surface area (Å²) in [6.07, 6.45) is 0.287. The zero-order valence-corrected chi connectivity index (χ0v) is 10.7. The summed E-state index contributed by atoms with van der Waals surface area (Å²) in [5.74, 6) is -0.397. The zero-order chi connectivity index (χ0) is 11.6. The molecular weight excluding hydrogens is 200 g/mol. The molecule has 0 aromatic heterocycles. The maximum atomic E-state index is 11.4. The monoisotopic (exact) mass is 220 g/mol. The molecule has 0 aromatic rings. The molecule has 1 atom stereocenters. The van der Waals surface area contributed by atoms with Crippen LogP contribution in [-0.2, 0) is 20.1 Å². The molecular formula is C10H20O3S. The normalized spacial score (nSPS) is 15.0. The molecule has 84 valence electrons. The summed E-state index contributed by atoms with van der Waals surface area (Å²) in [6.45, 7) is 11.1. The highest BCUT2D eigenvalue weighted by Gasteiger charge is 2.26. The first-order chi connectivity index (χ1) is 6.02. The molecule has 14 heavy (non-hydrogen) atoms. The molecule has 0 rings (SSSR count). The molecule has 0 aliphatic heterocycles. The van der Waals surface area contributed by atoms with Gasteiger partial charge in [-0.1, -0.05) is 20.8 Å². The quantitative estimate of drug-likeness (QED) is 0.718. The molecule has 0 aromatic carbocycles. The van der Waals surface area contributed by atoms with Crippen LogP contribution in [0.3, 0.4) is 0 Å². The Kier molecular flexibility index (Phi) is 4.31. The van der Waals surface area contributed by atoms with Crippen LogP contribution in [0, 0.1) is 5.41 Å². The van der Waals surface area contributed by atoms with E-state index in [4.69, 9.17) is 4.18 Å². The Morgan fingerprint density at radius 3 is 1.86 bits per heavy atom. The minimum Gasteiger partial charge on any atom is -0.364 e. The van der Waals surface area contributed by atoms with E-state index in [0.717, 1.165) is 0 Å². The Morgan fingerprint density at radius 1 is 1.14 bits per heavy atom. The van der Waals surface area contributed by atoms with Crippen molar-refractivity contribution in [3.05, 3.63) is 0 Å². The van der Waals surface area contributed by atoms with E-state index in [0.29, 0.717) is 0 Å². The van der Waals surface area contributed by atoms with Gasteiger partial charge in [0.1, 0.15) is 0 Å². The predicted octanol–water partition coefficient (Wildman–Crippen LogP) is 2.43. The number of hydrogen-bond donors (Lipinski definition) is 0. The van der Waals surface area contributed by atoms with Gasteiger partial charge in [0.2, 0.25) is 11.1 Å². The topological polar surface area (TPSA) is 43.4 Å². The number of hydrogen-bond acceptors (Lipinski definition) is 3. The molecule has 0 amide bonds. The molecule has 0 spiro atoms. The van der Waals surface area contributed by atoms with E-state index in [1.807, 2.05) is 20.8 Å². The van der Waals surface area contributed by atoms with Gasteiger partial charge < -0.3 is 4.18 Å². The average Bonchev–Trinajstić information content (AvgIpc) is 1.79. The van der Waals surface area contributed by atoms with Crippen LogP contribution < -0.4 is 0 Å². The molecule has 0 aliphatic carbocycles. The highest BCUT2D eigenvalue weighted by Crippen LogP contribution is 2.21. The second kappa shape index (κ2) is 4.43. The smallest absolute Gasteiger partial charge is 0.320 e. The first-order valence-electron chi connectivity index (χ1n) is 4.65. The SMILES string of the molecule is CC(C)(C)CC(=O)OS(=O)C(C)(C)C. The Labute approximate surface area is 88.9 Å². The third kappa shape index (κ3) is 6.13. The van der Waals surface area contributed by atoms with Crippen LogP contribution in [0.5, 0.6) is 0 Å². The molecule has 0 aliphatic rings. The van der Waals surface area contributed by atoms with Crippen molar-refractivity contribution in [3.63, 3.8) is 0 Å². The van der Waals surface area contributed by atoms with Crippen LogP contribution in [-0.4, -0.2) is 14.9 Å². The number of carbonyl (C=O) groups excluding carboxylic acids is 1. The van der Waals surface area contributed by atoms with Crippen molar-refractivity contribution >= 4 is 17.0 Å². The van der Waals surface area contributed by atoms with Gasteiger partial charge in [0, 0.05) is 0 Å². The summed E-state index contributed by atoms with van der Waals surface area (Å²) < 4.78 is 15.7. The Balaban J connectivity index is 4.16. The first-order valence-corrected chi connectivity index (χ1v) is 5.73. The molecule has 1 unspecified atom stereocenters. The van der Waals surface area contributed by atoms with E-state index in [1.54, 1.807) is 20.8 Å². The second-order valence-corrected chi connectivity index (χ2v) is 7.40. The predicted molar refractivity (Wildman–Crippen MR) is 58.1 cm³/mol. The van der Waals surface area contributed by atoms with Gasteiger partial charge >= 0.3 is 5.97 Å². The molecule has 0 bridgehead atoms. The summed E-state index contributed by atoms with van der Waals surface area (Å²) in [6, 6.07) is 0. The Morgan fingerprint density at radius 2 is 1.57 bits per heavy atom. The van der Waals surface area contributed by atoms with Crippen molar-refractivity contribution in [1.29, 1.82) is 0 Å². The molecule has 4 heteroatoms. The molecule has 0 saturated heterocycles. The standard InChI is InChI=1S/C10H20O3S/c1-9(2,3)7-8(11)13-14(12)10(4,5)6/h7H2,1-6H3. The van der Waals surface area contributed by atoms with Gasteiger partial charge in [-0.15, -0.1) is 0 Å². The van der Waals surface area contributed by atoms with E-state index in [-0.39, 0.29) is 11.8 Å². The van der Waals surface area contributed by atoms with Crippen LogP contribution >= 0.6 is 0 Å². The molecule has 3 nitrogen and oxygen atoms in total. The van der Waals surface area contributed by atoms with Crippen molar-refractivity contribution in [2.24, 2.45) is 5.41 Å². The lowest BCUT2D eigenvalue weighted by molar-refractivity contribution is -0.135. The average molecular weight is 220 g/mol. The van der Waals surface area contributed by atoms with Gasteiger partial charge in [0.15, 0.2) is 0 Å². The van der Waals surface area contributed by atoms with Crippen molar-refractivity contribution in [2.75, 3.05) is 0 Å². The number of carbonyl (C=O) groups is 1. The van der Waals surface area contributed by atoms with E-state index < -0.39 is 21.8 Å². The van der Waals surface area contributed by atoms with Gasteiger partial charge in [-0.3, -0.25) is 4.79 Å². The maximum absolute atomic E-state index is 11.4. The third-order valence-corrected chi connectivity index (χ3v) is 2.68. The molecule has 0 saturated carbocycles. The van der Waals surface area contributed by atoms with Crippen LogP contribution in [0.4, 0.5) is 0 Å². The minimum atomic E-state index is -1.55. The van der Waals surface area contributed by atoms with Gasteiger partial charge in [0.25, 0.3) is 0 Å².